The van der Waals surface area contributed by atoms with E-state index in [1.807, 2.05) is 35.3 Å². The molecule has 2 atom stereocenters. The smallest absolute Gasteiger partial charge is 0.0198 e. The first-order valence-electron chi connectivity index (χ1n) is 9.41. The first-order valence-corrected chi connectivity index (χ1v) is 13.9. The zero-order valence-corrected chi connectivity index (χ0v) is 19.9. The maximum atomic E-state index is 4.75. The number of hydrogen-bond acceptors (Lipinski definition) is 5. The van der Waals surface area contributed by atoms with Gasteiger partial charge in [-0.3, -0.25) is 0 Å². The molecule has 0 spiro atoms. The first-order chi connectivity index (χ1) is 13.2. The molecule has 5 heteroatoms. The zero-order chi connectivity index (χ0) is 19.2. The summed E-state index contributed by atoms with van der Waals surface area (Å²) in [5.74, 6) is 6.86. The average Bonchev–Trinajstić information content (AvgIpc) is 2.70. The van der Waals surface area contributed by atoms with E-state index in [2.05, 4.69) is 60.7 Å². The van der Waals surface area contributed by atoms with Crippen molar-refractivity contribution in [2.75, 3.05) is 34.5 Å². The molecule has 0 aliphatic carbocycles. The second-order valence-electron chi connectivity index (χ2n) is 6.47. The third-order valence-corrected chi connectivity index (χ3v) is 9.25. The van der Waals surface area contributed by atoms with Crippen LogP contribution in [0.15, 0.2) is 60.7 Å². The van der Waals surface area contributed by atoms with Crippen LogP contribution in [-0.4, -0.2) is 45.0 Å². The van der Waals surface area contributed by atoms with Gasteiger partial charge in [-0.05, 0) is 35.5 Å². The summed E-state index contributed by atoms with van der Waals surface area (Å²) < 4.78 is 0. The third-order valence-electron chi connectivity index (χ3n) is 4.00. The molecule has 0 heterocycles. The Morgan fingerprint density at radius 3 is 1.33 bits per heavy atom. The van der Waals surface area contributed by atoms with E-state index >= 15 is 0 Å². The lowest BCUT2D eigenvalue weighted by Crippen LogP contribution is -2.12. The van der Waals surface area contributed by atoms with E-state index in [-0.39, 0.29) is 0 Å². The number of hydrogen-bond donors (Lipinski definition) is 2. The van der Waals surface area contributed by atoms with E-state index < -0.39 is 0 Å². The topological polar surface area (TPSA) is 0 Å². The second-order valence-corrected chi connectivity index (χ2v) is 11.3. The minimum atomic E-state index is 0.474. The lowest BCUT2D eigenvalue weighted by Gasteiger charge is -2.13. The molecule has 0 aromatic heterocycles. The lowest BCUT2D eigenvalue weighted by molar-refractivity contribution is 1.11. The summed E-state index contributed by atoms with van der Waals surface area (Å²) in [6.45, 7) is 0. The molecule has 0 nitrogen and oxygen atoms in total. The van der Waals surface area contributed by atoms with Crippen molar-refractivity contribution in [2.45, 2.75) is 23.3 Å². The van der Waals surface area contributed by atoms with Gasteiger partial charge in [0.05, 0.1) is 0 Å². The van der Waals surface area contributed by atoms with Crippen LogP contribution in [0.3, 0.4) is 0 Å². The molecular weight excluding hydrogens is 425 g/mol. The Morgan fingerprint density at radius 1 is 0.556 bits per heavy atom. The summed E-state index contributed by atoms with van der Waals surface area (Å²) in [5.41, 5.74) is 2.86. The molecule has 0 fully saturated rings. The predicted molar refractivity (Wildman–Crippen MR) is 138 cm³/mol. The van der Waals surface area contributed by atoms with Gasteiger partial charge in [0, 0.05) is 33.5 Å². The van der Waals surface area contributed by atoms with Crippen LogP contribution < -0.4 is 0 Å². The van der Waals surface area contributed by atoms with Crippen molar-refractivity contribution in [3.05, 3.63) is 71.8 Å². The number of benzene rings is 2. The molecule has 0 saturated heterocycles. The van der Waals surface area contributed by atoms with Crippen LogP contribution in [0, 0.1) is 0 Å². The fraction of sp³-hybridized carbons (Fsp3) is 0.455. The Balaban J connectivity index is 1.42. The Bertz CT molecular complexity index is 537. The van der Waals surface area contributed by atoms with Gasteiger partial charge in [0.25, 0.3) is 0 Å². The molecule has 2 aromatic rings. The molecule has 0 saturated carbocycles. The van der Waals surface area contributed by atoms with Crippen molar-refractivity contribution >= 4 is 60.5 Å². The highest BCUT2D eigenvalue weighted by atomic mass is 32.2. The van der Waals surface area contributed by atoms with Crippen LogP contribution in [0.4, 0.5) is 0 Å². The minimum Gasteiger partial charge on any atom is -0.174 e. The molecule has 2 rings (SSSR count). The summed E-state index contributed by atoms with van der Waals surface area (Å²) in [5, 5.41) is 0.948. The van der Waals surface area contributed by atoms with E-state index in [1.54, 1.807) is 0 Å². The van der Waals surface area contributed by atoms with Crippen molar-refractivity contribution in [3.8, 4) is 0 Å². The fourth-order valence-electron chi connectivity index (χ4n) is 2.54. The highest BCUT2D eigenvalue weighted by molar-refractivity contribution is 8.02. The number of aryl methyl sites for hydroxylation is 2. The molecule has 0 aliphatic heterocycles. The predicted octanol–water partition coefficient (Wildman–Crippen LogP) is 6.27. The van der Waals surface area contributed by atoms with Crippen molar-refractivity contribution in [2.24, 2.45) is 0 Å². The van der Waals surface area contributed by atoms with Crippen molar-refractivity contribution in [1.29, 1.82) is 0 Å². The molecule has 148 valence electrons. The van der Waals surface area contributed by atoms with Gasteiger partial charge in [-0.2, -0.15) is 60.5 Å². The van der Waals surface area contributed by atoms with Gasteiger partial charge in [-0.15, -0.1) is 0 Å². The highest BCUT2D eigenvalue weighted by Crippen LogP contribution is 2.19. The first kappa shape index (κ1) is 23.5. The summed E-state index contributed by atoms with van der Waals surface area (Å²) in [4.78, 5) is 0. The van der Waals surface area contributed by atoms with Gasteiger partial charge in [-0.25, -0.2) is 0 Å². The molecule has 0 bridgehead atoms. The monoisotopic (exact) mass is 454 g/mol. The largest absolute Gasteiger partial charge is 0.174 e. The van der Waals surface area contributed by atoms with E-state index in [0.717, 1.165) is 35.9 Å². The molecular formula is C22H30S5. The fourth-order valence-corrected chi connectivity index (χ4v) is 6.90. The van der Waals surface area contributed by atoms with Crippen LogP contribution in [0.2, 0.25) is 0 Å². The van der Waals surface area contributed by atoms with Gasteiger partial charge in [0.1, 0.15) is 0 Å². The van der Waals surface area contributed by atoms with E-state index in [0.29, 0.717) is 10.5 Å². The zero-order valence-electron chi connectivity index (χ0n) is 15.7. The number of thioether (sulfide) groups is 3. The Labute approximate surface area is 189 Å². The van der Waals surface area contributed by atoms with Crippen molar-refractivity contribution < 1.29 is 0 Å². The SMILES string of the molecule is SC(CSCCc1ccccc1)CSCC(S)CSCCc1ccccc1. The van der Waals surface area contributed by atoms with Crippen LogP contribution in [0.1, 0.15) is 11.1 Å². The van der Waals surface area contributed by atoms with Crippen LogP contribution in [0.25, 0.3) is 0 Å². The van der Waals surface area contributed by atoms with Crippen molar-refractivity contribution in [1.82, 2.24) is 0 Å². The van der Waals surface area contributed by atoms with Crippen LogP contribution in [-0.2, 0) is 12.8 Å². The average molecular weight is 455 g/mol. The molecule has 0 radical (unpaired) electrons. The van der Waals surface area contributed by atoms with Crippen LogP contribution in [0.5, 0.6) is 0 Å². The lowest BCUT2D eigenvalue weighted by atomic mass is 10.2. The summed E-state index contributed by atoms with van der Waals surface area (Å²) in [6.07, 6.45) is 2.30. The molecule has 2 unspecified atom stereocenters. The molecule has 0 aliphatic rings. The van der Waals surface area contributed by atoms with Gasteiger partial charge in [-0.1, -0.05) is 60.7 Å². The van der Waals surface area contributed by atoms with Crippen molar-refractivity contribution in [3.63, 3.8) is 0 Å². The molecule has 0 N–H and O–H groups in total. The standard InChI is InChI=1S/C22H30S5/c23-21(15-25-13-11-19-7-3-1-4-8-19)17-27-18-22(24)16-26-14-12-20-9-5-2-6-10-20/h1-10,21-24H,11-18H2. The van der Waals surface area contributed by atoms with E-state index in [1.165, 1.54) is 22.6 Å². The van der Waals surface area contributed by atoms with Gasteiger partial charge < -0.3 is 0 Å². The normalized spacial score (nSPS) is 13.4. The summed E-state index contributed by atoms with van der Waals surface area (Å²) in [6, 6.07) is 21.5. The summed E-state index contributed by atoms with van der Waals surface area (Å²) >= 11 is 15.5. The Morgan fingerprint density at radius 2 is 0.926 bits per heavy atom. The Kier molecular flexibility index (Phi) is 13.1. The molecule has 27 heavy (non-hydrogen) atoms. The van der Waals surface area contributed by atoms with E-state index in [9.17, 15) is 0 Å². The maximum Gasteiger partial charge on any atom is 0.0198 e. The Hall–Kier alpha value is 0.190. The quantitative estimate of drug-likeness (QED) is 0.255. The van der Waals surface area contributed by atoms with Gasteiger partial charge in [0.2, 0.25) is 0 Å². The minimum absolute atomic E-state index is 0.474. The molecule has 0 amide bonds. The summed E-state index contributed by atoms with van der Waals surface area (Å²) in [7, 11) is 0. The third kappa shape index (κ3) is 11.7. The second kappa shape index (κ2) is 15.1. The highest BCUT2D eigenvalue weighted by Gasteiger charge is 2.08. The van der Waals surface area contributed by atoms with Crippen LogP contribution >= 0.6 is 60.5 Å². The number of thiol groups is 2. The van der Waals surface area contributed by atoms with Gasteiger partial charge >= 0.3 is 0 Å². The van der Waals surface area contributed by atoms with Gasteiger partial charge in [0.15, 0.2) is 0 Å². The number of rotatable bonds is 14. The maximum absolute atomic E-state index is 4.75. The van der Waals surface area contributed by atoms with E-state index in [4.69, 9.17) is 25.3 Å². The molecule has 2 aromatic carbocycles.